The number of hydrazone groups is 1. The van der Waals surface area contributed by atoms with E-state index in [0.717, 1.165) is 11.1 Å². The van der Waals surface area contributed by atoms with Crippen LogP contribution < -0.4 is 19.6 Å². The van der Waals surface area contributed by atoms with Crippen LogP contribution in [0.2, 0.25) is 0 Å². The topological polar surface area (TPSA) is 78.4 Å². The van der Waals surface area contributed by atoms with E-state index in [4.69, 9.17) is 18.9 Å². The molecule has 0 atom stereocenters. The van der Waals surface area contributed by atoms with Crippen molar-refractivity contribution in [3.8, 4) is 17.2 Å². The van der Waals surface area contributed by atoms with Gasteiger partial charge in [0.05, 0.1) is 33.6 Å². The minimum absolute atomic E-state index is 0.103. The van der Waals surface area contributed by atoms with E-state index < -0.39 is 0 Å². The second kappa shape index (κ2) is 10.7. The van der Waals surface area contributed by atoms with Crippen LogP contribution in [-0.2, 0) is 16.1 Å². The second-order valence-corrected chi connectivity index (χ2v) is 5.45. The minimum Gasteiger partial charge on any atom is -0.493 e. The Kier molecular flexibility index (Phi) is 7.96. The molecule has 0 radical (unpaired) electrons. The standard InChI is InChI=1S/C20H24N2O5/c1-4-26-20(23)14-27-17-8-5-15(6-9-17)12-21-22-13-16-7-10-18(24-2)19(11-16)25-3/h5-12,22H,4,13-14H2,1-3H3/b21-12-. The molecular weight excluding hydrogens is 348 g/mol. The summed E-state index contributed by atoms with van der Waals surface area (Å²) in [5.41, 5.74) is 4.91. The van der Waals surface area contributed by atoms with Gasteiger partial charge in [-0.3, -0.25) is 0 Å². The third kappa shape index (κ3) is 6.54. The average molecular weight is 372 g/mol. The molecule has 2 rings (SSSR count). The molecule has 0 saturated carbocycles. The molecule has 0 saturated heterocycles. The Bertz CT molecular complexity index is 759. The molecule has 0 amide bonds. The highest BCUT2D eigenvalue weighted by Gasteiger charge is 2.04. The predicted molar refractivity (Wildman–Crippen MR) is 103 cm³/mol. The number of hydrogen-bond donors (Lipinski definition) is 1. The molecule has 2 aromatic rings. The van der Waals surface area contributed by atoms with Crippen LogP contribution in [0.15, 0.2) is 47.6 Å². The lowest BCUT2D eigenvalue weighted by Crippen LogP contribution is -2.14. The molecule has 0 aromatic heterocycles. The van der Waals surface area contributed by atoms with Gasteiger partial charge in [0, 0.05) is 0 Å². The molecule has 0 aliphatic heterocycles. The predicted octanol–water partition coefficient (Wildman–Crippen LogP) is 2.77. The van der Waals surface area contributed by atoms with E-state index in [1.165, 1.54) is 0 Å². The first kappa shape index (κ1) is 20.1. The van der Waals surface area contributed by atoms with Gasteiger partial charge in [0.15, 0.2) is 18.1 Å². The molecule has 0 aliphatic carbocycles. The lowest BCUT2D eigenvalue weighted by molar-refractivity contribution is -0.145. The summed E-state index contributed by atoms with van der Waals surface area (Å²) in [6.45, 7) is 2.55. The molecule has 1 N–H and O–H groups in total. The molecule has 144 valence electrons. The molecular formula is C20H24N2O5. The quantitative estimate of drug-likeness (QED) is 0.393. The van der Waals surface area contributed by atoms with Gasteiger partial charge in [-0.1, -0.05) is 6.07 Å². The van der Waals surface area contributed by atoms with Gasteiger partial charge in [-0.15, -0.1) is 0 Å². The Hall–Kier alpha value is -3.22. The largest absolute Gasteiger partial charge is 0.493 e. The Morgan fingerprint density at radius 3 is 2.48 bits per heavy atom. The number of carbonyl (C=O) groups is 1. The summed E-state index contributed by atoms with van der Waals surface area (Å²) in [6.07, 6.45) is 1.70. The fourth-order valence-electron chi connectivity index (χ4n) is 2.24. The third-order valence-electron chi connectivity index (χ3n) is 3.58. The summed E-state index contributed by atoms with van der Waals surface area (Å²) >= 11 is 0. The smallest absolute Gasteiger partial charge is 0.344 e. The molecule has 0 unspecified atom stereocenters. The second-order valence-electron chi connectivity index (χ2n) is 5.45. The van der Waals surface area contributed by atoms with Gasteiger partial charge in [-0.05, 0) is 54.4 Å². The van der Waals surface area contributed by atoms with Gasteiger partial charge >= 0.3 is 5.97 Å². The van der Waals surface area contributed by atoms with Crippen LogP contribution in [0.3, 0.4) is 0 Å². The number of nitrogens with zero attached hydrogens (tertiary/aromatic N) is 1. The lowest BCUT2D eigenvalue weighted by Gasteiger charge is -2.09. The van der Waals surface area contributed by atoms with Crippen molar-refractivity contribution in [3.63, 3.8) is 0 Å². The van der Waals surface area contributed by atoms with E-state index in [2.05, 4.69) is 10.5 Å². The van der Waals surface area contributed by atoms with E-state index in [1.54, 1.807) is 39.5 Å². The van der Waals surface area contributed by atoms with Crippen LogP contribution in [0.25, 0.3) is 0 Å². The number of benzene rings is 2. The summed E-state index contributed by atoms with van der Waals surface area (Å²) in [4.78, 5) is 11.3. The van der Waals surface area contributed by atoms with Gasteiger partial charge in [0.25, 0.3) is 0 Å². The molecule has 0 bridgehead atoms. The zero-order chi connectivity index (χ0) is 19.5. The van der Waals surface area contributed by atoms with Crippen molar-refractivity contribution in [2.45, 2.75) is 13.5 Å². The Balaban J connectivity index is 1.81. The van der Waals surface area contributed by atoms with Gasteiger partial charge in [0.2, 0.25) is 0 Å². The maximum atomic E-state index is 11.3. The molecule has 27 heavy (non-hydrogen) atoms. The first-order valence-electron chi connectivity index (χ1n) is 8.51. The normalized spacial score (nSPS) is 10.5. The monoisotopic (exact) mass is 372 g/mol. The van der Waals surface area contributed by atoms with Crippen molar-refractivity contribution in [2.24, 2.45) is 5.10 Å². The first-order valence-corrected chi connectivity index (χ1v) is 8.51. The molecule has 7 heteroatoms. The molecule has 7 nitrogen and oxygen atoms in total. The highest BCUT2D eigenvalue weighted by molar-refractivity contribution is 5.79. The summed E-state index contributed by atoms with van der Waals surface area (Å²) in [7, 11) is 3.21. The van der Waals surface area contributed by atoms with Gasteiger partial charge in [0.1, 0.15) is 5.75 Å². The highest BCUT2D eigenvalue weighted by atomic mass is 16.6. The number of carbonyl (C=O) groups excluding carboxylic acids is 1. The van der Waals surface area contributed by atoms with Crippen molar-refractivity contribution >= 4 is 12.2 Å². The number of rotatable bonds is 10. The van der Waals surface area contributed by atoms with Crippen molar-refractivity contribution in [2.75, 3.05) is 27.4 Å². The fourth-order valence-corrected chi connectivity index (χ4v) is 2.24. The van der Waals surface area contributed by atoms with Crippen LogP contribution in [0, 0.1) is 0 Å². The van der Waals surface area contributed by atoms with Gasteiger partial charge in [-0.2, -0.15) is 5.10 Å². The van der Waals surface area contributed by atoms with Crippen LogP contribution in [0.1, 0.15) is 18.1 Å². The Labute approximate surface area is 158 Å². The van der Waals surface area contributed by atoms with Crippen molar-refractivity contribution in [3.05, 3.63) is 53.6 Å². The Morgan fingerprint density at radius 1 is 1.07 bits per heavy atom. The maximum absolute atomic E-state index is 11.3. The van der Waals surface area contributed by atoms with Crippen molar-refractivity contribution in [1.82, 2.24) is 5.43 Å². The molecule has 0 spiro atoms. The molecule has 2 aromatic carbocycles. The van der Waals surface area contributed by atoms with Crippen LogP contribution >= 0.6 is 0 Å². The van der Waals surface area contributed by atoms with Gasteiger partial charge in [-0.25, -0.2) is 4.79 Å². The minimum atomic E-state index is -0.387. The lowest BCUT2D eigenvalue weighted by atomic mass is 10.2. The van der Waals surface area contributed by atoms with E-state index >= 15 is 0 Å². The molecule has 0 fully saturated rings. The van der Waals surface area contributed by atoms with E-state index in [0.29, 0.717) is 30.4 Å². The van der Waals surface area contributed by atoms with E-state index in [-0.39, 0.29) is 12.6 Å². The van der Waals surface area contributed by atoms with Crippen molar-refractivity contribution in [1.29, 1.82) is 0 Å². The number of hydrogen-bond acceptors (Lipinski definition) is 7. The summed E-state index contributed by atoms with van der Waals surface area (Å²) in [6, 6.07) is 12.9. The summed E-state index contributed by atoms with van der Waals surface area (Å²) in [5.74, 6) is 1.58. The van der Waals surface area contributed by atoms with Crippen LogP contribution in [0.4, 0.5) is 0 Å². The number of nitrogens with one attached hydrogen (secondary N) is 1. The van der Waals surface area contributed by atoms with Crippen molar-refractivity contribution < 1.29 is 23.7 Å². The SMILES string of the molecule is CCOC(=O)COc1ccc(/C=N\NCc2ccc(OC)c(OC)c2)cc1. The van der Waals surface area contributed by atoms with Gasteiger partial charge < -0.3 is 24.4 Å². The summed E-state index contributed by atoms with van der Waals surface area (Å²) < 4.78 is 20.6. The van der Waals surface area contributed by atoms with Crippen LogP contribution in [-0.4, -0.2) is 39.6 Å². The van der Waals surface area contributed by atoms with E-state index in [1.807, 2.05) is 30.3 Å². The average Bonchev–Trinajstić information content (AvgIpc) is 2.70. The maximum Gasteiger partial charge on any atom is 0.344 e. The van der Waals surface area contributed by atoms with E-state index in [9.17, 15) is 4.79 Å². The summed E-state index contributed by atoms with van der Waals surface area (Å²) in [5, 5.41) is 4.20. The first-order chi connectivity index (χ1) is 13.2. The van der Waals surface area contributed by atoms with Crippen LogP contribution in [0.5, 0.6) is 17.2 Å². The number of esters is 1. The highest BCUT2D eigenvalue weighted by Crippen LogP contribution is 2.27. The number of methoxy groups -OCH3 is 2. The third-order valence-corrected chi connectivity index (χ3v) is 3.58. The number of ether oxygens (including phenoxy) is 4. The fraction of sp³-hybridized carbons (Fsp3) is 0.300. The molecule has 0 aliphatic rings. The molecule has 0 heterocycles. The zero-order valence-corrected chi connectivity index (χ0v) is 15.7. The zero-order valence-electron chi connectivity index (χ0n) is 15.7. The Morgan fingerprint density at radius 2 is 1.81 bits per heavy atom.